The summed E-state index contributed by atoms with van der Waals surface area (Å²) >= 11 is 5.80. The molecule has 0 saturated carbocycles. The molecule has 0 bridgehead atoms. The second-order valence-corrected chi connectivity index (χ2v) is 4.21. The van der Waals surface area contributed by atoms with Crippen molar-refractivity contribution in [3.8, 4) is 11.8 Å². The topological polar surface area (TPSA) is 45.0 Å². The number of nitriles is 1. The van der Waals surface area contributed by atoms with Crippen LogP contribution in [0.2, 0.25) is 5.02 Å². The number of methoxy groups -OCH3 is 1. The van der Waals surface area contributed by atoms with Gasteiger partial charge >= 0.3 is 0 Å². The Labute approximate surface area is 115 Å². The predicted molar refractivity (Wildman–Crippen MR) is 72.4 cm³/mol. The van der Waals surface area contributed by atoms with Crippen LogP contribution in [0.4, 0.5) is 15.8 Å². The summed E-state index contributed by atoms with van der Waals surface area (Å²) in [5, 5.41) is 12.3. The quantitative estimate of drug-likeness (QED) is 0.918. The molecular weight excluding hydrogens is 267 g/mol. The second-order valence-electron chi connectivity index (χ2n) is 3.77. The van der Waals surface area contributed by atoms with E-state index < -0.39 is 5.82 Å². The number of rotatable bonds is 3. The SMILES string of the molecule is COc1ccc(F)c(Nc2ccc(Cl)cc2C#N)c1. The van der Waals surface area contributed by atoms with Gasteiger partial charge in [0, 0.05) is 11.1 Å². The van der Waals surface area contributed by atoms with Gasteiger partial charge in [0.1, 0.15) is 17.6 Å². The fraction of sp³-hybridized carbons (Fsp3) is 0.0714. The van der Waals surface area contributed by atoms with Crippen molar-refractivity contribution in [3.63, 3.8) is 0 Å². The molecule has 3 nitrogen and oxygen atoms in total. The van der Waals surface area contributed by atoms with Gasteiger partial charge in [-0.1, -0.05) is 11.6 Å². The highest BCUT2D eigenvalue weighted by molar-refractivity contribution is 6.30. The lowest BCUT2D eigenvalue weighted by Crippen LogP contribution is -1.97. The maximum absolute atomic E-state index is 13.7. The molecule has 0 radical (unpaired) electrons. The highest BCUT2D eigenvalue weighted by Crippen LogP contribution is 2.27. The first kappa shape index (κ1) is 13.2. The van der Waals surface area contributed by atoms with Gasteiger partial charge in [-0.15, -0.1) is 0 Å². The summed E-state index contributed by atoms with van der Waals surface area (Å²) in [6.45, 7) is 0. The van der Waals surface area contributed by atoms with Crippen LogP contribution in [0.5, 0.6) is 5.75 Å². The van der Waals surface area contributed by atoms with Gasteiger partial charge in [0.15, 0.2) is 0 Å². The summed E-state index contributed by atoms with van der Waals surface area (Å²) in [5.41, 5.74) is 1.06. The minimum Gasteiger partial charge on any atom is -0.497 e. The van der Waals surface area contributed by atoms with Crippen molar-refractivity contribution < 1.29 is 9.13 Å². The minimum atomic E-state index is -0.431. The molecule has 0 heterocycles. The van der Waals surface area contributed by atoms with Gasteiger partial charge in [0.05, 0.1) is 24.0 Å². The molecule has 19 heavy (non-hydrogen) atoms. The minimum absolute atomic E-state index is 0.234. The molecule has 0 aliphatic heterocycles. The van der Waals surface area contributed by atoms with Crippen molar-refractivity contribution in [2.24, 2.45) is 0 Å². The van der Waals surface area contributed by atoms with E-state index in [0.717, 1.165) is 0 Å². The average molecular weight is 277 g/mol. The van der Waals surface area contributed by atoms with Gasteiger partial charge < -0.3 is 10.1 Å². The average Bonchev–Trinajstić information content (AvgIpc) is 2.43. The first-order valence-electron chi connectivity index (χ1n) is 5.44. The first-order valence-corrected chi connectivity index (χ1v) is 5.82. The molecule has 0 aromatic heterocycles. The molecule has 2 aromatic carbocycles. The van der Waals surface area contributed by atoms with E-state index in [4.69, 9.17) is 21.6 Å². The van der Waals surface area contributed by atoms with Crippen LogP contribution in [-0.4, -0.2) is 7.11 Å². The zero-order valence-electron chi connectivity index (χ0n) is 10.1. The Morgan fingerprint density at radius 3 is 2.68 bits per heavy atom. The first-order chi connectivity index (χ1) is 9.13. The van der Waals surface area contributed by atoms with Crippen molar-refractivity contribution in [3.05, 3.63) is 52.8 Å². The third-order valence-corrected chi connectivity index (χ3v) is 2.78. The van der Waals surface area contributed by atoms with E-state index in [2.05, 4.69) is 5.32 Å². The number of anilines is 2. The zero-order valence-corrected chi connectivity index (χ0v) is 10.8. The van der Waals surface area contributed by atoms with Crippen LogP contribution in [-0.2, 0) is 0 Å². The molecule has 1 N–H and O–H groups in total. The number of nitrogens with zero attached hydrogens (tertiary/aromatic N) is 1. The molecule has 2 aromatic rings. The molecule has 0 aliphatic rings. The van der Waals surface area contributed by atoms with Crippen LogP contribution in [0.3, 0.4) is 0 Å². The number of ether oxygens (including phenoxy) is 1. The summed E-state index contributed by atoms with van der Waals surface area (Å²) in [7, 11) is 1.50. The lowest BCUT2D eigenvalue weighted by molar-refractivity contribution is 0.414. The van der Waals surface area contributed by atoms with E-state index in [9.17, 15) is 4.39 Å². The Balaban J connectivity index is 2.39. The second kappa shape index (κ2) is 5.59. The normalized spacial score (nSPS) is 9.79. The van der Waals surface area contributed by atoms with Gasteiger partial charge in [0.2, 0.25) is 0 Å². The van der Waals surface area contributed by atoms with Gasteiger partial charge in [0.25, 0.3) is 0 Å². The van der Waals surface area contributed by atoms with E-state index in [0.29, 0.717) is 22.0 Å². The van der Waals surface area contributed by atoms with Crippen molar-refractivity contribution in [2.45, 2.75) is 0 Å². The standard InChI is InChI=1S/C14H10ClFN2O/c1-19-11-3-4-12(16)14(7-11)18-13-5-2-10(15)6-9(13)8-17/h2-7,18H,1H3. The summed E-state index contributed by atoms with van der Waals surface area (Å²) in [6, 6.07) is 11.1. The summed E-state index contributed by atoms with van der Waals surface area (Å²) in [4.78, 5) is 0. The lowest BCUT2D eigenvalue weighted by atomic mass is 10.2. The van der Waals surface area contributed by atoms with Crippen LogP contribution in [0, 0.1) is 17.1 Å². The smallest absolute Gasteiger partial charge is 0.146 e. The van der Waals surface area contributed by atoms with E-state index in [1.807, 2.05) is 6.07 Å². The van der Waals surface area contributed by atoms with Gasteiger partial charge in [-0.25, -0.2) is 4.39 Å². The van der Waals surface area contributed by atoms with Crippen LogP contribution in [0.15, 0.2) is 36.4 Å². The molecule has 5 heteroatoms. The van der Waals surface area contributed by atoms with Crippen molar-refractivity contribution in [1.29, 1.82) is 5.26 Å². The zero-order chi connectivity index (χ0) is 13.8. The lowest BCUT2D eigenvalue weighted by Gasteiger charge is -2.10. The van der Waals surface area contributed by atoms with Crippen molar-refractivity contribution in [2.75, 3.05) is 12.4 Å². The van der Waals surface area contributed by atoms with Crippen LogP contribution < -0.4 is 10.1 Å². The summed E-state index contributed by atoms with van der Waals surface area (Å²) in [5.74, 6) is 0.0935. The van der Waals surface area contributed by atoms with Crippen LogP contribution >= 0.6 is 11.6 Å². The molecule has 0 spiro atoms. The molecule has 0 unspecified atom stereocenters. The van der Waals surface area contributed by atoms with E-state index in [1.165, 1.54) is 31.4 Å². The molecule has 0 amide bonds. The maximum atomic E-state index is 13.7. The number of hydrogen-bond donors (Lipinski definition) is 1. The van der Waals surface area contributed by atoms with E-state index in [-0.39, 0.29) is 5.69 Å². The molecule has 2 rings (SSSR count). The Bertz CT molecular complexity index is 652. The summed E-state index contributed by atoms with van der Waals surface area (Å²) in [6.07, 6.45) is 0. The Morgan fingerprint density at radius 1 is 1.21 bits per heavy atom. The number of benzene rings is 2. The third-order valence-electron chi connectivity index (χ3n) is 2.54. The highest BCUT2D eigenvalue weighted by atomic mass is 35.5. The Hall–Kier alpha value is -2.25. The largest absolute Gasteiger partial charge is 0.497 e. The predicted octanol–water partition coefficient (Wildman–Crippen LogP) is 4.10. The molecule has 0 atom stereocenters. The van der Waals surface area contributed by atoms with Gasteiger partial charge in [-0.05, 0) is 30.3 Å². The Kier molecular flexibility index (Phi) is 3.88. The summed E-state index contributed by atoms with van der Waals surface area (Å²) < 4.78 is 18.7. The van der Waals surface area contributed by atoms with Crippen LogP contribution in [0.1, 0.15) is 5.56 Å². The van der Waals surface area contributed by atoms with Crippen molar-refractivity contribution in [1.82, 2.24) is 0 Å². The molecule has 0 saturated heterocycles. The van der Waals surface area contributed by atoms with E-state index >= 15 is 0 Å². The number of nitrogens with one attached hydrogen (secondary N) is 1. The molecule has 96 valence electrons. The van der Waals surface area contributed by atoms with Gasteiger partial charge in [-0.3, -0.25) is 0 Å². The monoisotopic (exact) mass is 276 g/mol. The van der Waals surface area contributed by atoms with Crippen molar-refractivity contribution >= 4 is 23.0 Å². The number of halogens is 2. The van der Waals surface area contributed by atoms with Crippen LogP contribution in [0.25, 0.3) is 0 Å². The fourth-order valence-corrected chi connectivity index (χ4v) is 1.76. The van der Waals surface area contributed by atoms with Gasteiger partial charge in [-0.2, -0.15) is 5.26 Å². The molecule has 0 fully saturated rings. The maximum Gasteiger partial charge on any atom is 0.146 e. The highest BCUT2D eigenvalue weighted by Gasteiger charge is 2.08. The number of hydrogen-bond acceptors (Lipinski definition) is 3. The Morgan fingerprint density at radius 2 is 2.00 bits per heavy atom. The molecular formula is C14H10ClFN2O. The third kappa shape index (κ3) is 2.95. The molecule has 0 aliphatic carbocycles. The fourth-order valence-electron chi connectivity index (χ4n) is 1.59. The van der Waals surface area contributed by atoms with E-state index in [1.54, 1.807) is 12.1 Å².